The first kappa shape index (κ1) is 13.2. The highest BCUT2D eigenvalue weighted by atomic mass is 16.6. The zero-order chi connectivity index (χ0) is 13.8. The van der Waals surface area contributed by atoms with Gasteiger partial charge < -0.3 is 14.8 Å². The Morgan fingerprint density at radius 1 is 1.63 bits per heavy atom. The third kappa shape index (κ3) is 2.61. The molecule has 1 aliphatic rings. The summed E-state index contributed by atoms with van der Waals surface area (Å²) in [4.78, 5) is 13.4. The number of amides is 1. The molecule has 0 aromatic heterocycles. The standard InChI is InChI=1S/C13H15N3O3/c1-15-7-10-8-16(13(17)19-10)11-4-3-9(6-14)5-12(11)18-2/h3-5,10,15H,7-8H2,1-2H3. The van der Waals surface area contributed by atoms with Crippen molar-refractivity contribution in [1.29, 1.82) is 5.26 Å². The van der Waals surface area contributed by atoms with Crippen molar-refractivity contribution in [1.82, 2.24) is 5.32 Å². The van der Waals surface area contributed by atoms with Gasteiger partial charge in [-0.1, -0.05) is 0 Å². The fourth-order valence-electron chi connectivity index (χ4n) is 2.02. The van der Waals surface area contributed by atoms with Gasteiger partial charge in [0, 0.05) is 12.6 Å². The number of nitrogens with one attached hydrogen (secondary N) is 1. The fourth-order valence-corrected chi connectivity index (χ4v) is 2.02. The highest BCUT2D eigenvalue weighted by molar-refractivity contribution is 5.91. The topological polar surface area (TPSA) is 74.6 Å². The summed E-state index contributed by atoms with van der Waals surface area (Å²) in [6.45, 7) is 1.06. The molecule has 0 aliphatic carbocycles. The molecule has 6 nitrogen and oxygen atoms in total. The van der Waals surface area contributed by atoms with E-state index in [1.165, 1.54) is 12.0 Å². The number of carbonyl (C=O) groups excluding carboxylic acids is 1. The van der Waals surface area contributed by atoms with E-state index < -0.39 is 6.09 Å². The van der Waals surface area contributed by atoms with Crippen LogP contribution in [0.1, 0.15) is 5.56 Å². The number of hydrogen-bond donors (Lipinski definition) is 1. The number of benzene rings is 1. The summed E-state index contributed by atoms with van der Waals surface area (Å²) in [7, 11) is 3.31. The molecule has 1 saturated heterocycles. The van der Waals surface area contributed by atoms with Gasteiger partial charge in [-0.05, 0) is 19.2 Å². The first-order chi connectivity index (χ1) is 9.19. The van der Waals surface area contributed by atoms with Crippen molar-refractivity contribution in [2.45, 2.75) is 6.10 Å². The van der Waals surface area contributed by atoms with Crippen LogP contribution in [0.4, 0.5) is 10.5 Å². The summed E-state index contributed by atoms with van der Waals surface area (Å²) in [6.07, 6.45) is -0.582. The monoisotopic (exact) mass is 261 g/mol. The van der Waals surface area contributed by atoms with Crippen LogP contribution in [-0.2, 0) is 4.74 Å². The quantitative estimate of drug-likeness (QED) is 0.878. The van der Waals surface area contributed by atoms with Crippen LogP contribution in [0.3, 0.4) is 0 Å². The second-order valence-corrected chi connectivity index (χ2v) is 4.17. The van der Waals surface area contributed by atoms with Crippen LogP contribution >= 0.6 is 0 Å². The Labute approximate surface area is 111 Å². The van der Waals surface area contributed by atoms with E-state index in [-0.39, 0.29) is 6.10 Å². The van der Waals surface area contributed by atoms with Crippen LogP contribution in [0.15, 0.2) is 18.2 Å². The molecule has 1 heterocycles. The van der Waals surface area contributed by atoms with Crippen LogP contribution in [0.25, 0.3) is 0 Å². The van der Waals surface area contributed by atoms with Crippen molar-refractivity contribution < 1.29 is 14.3 Å². The first-order valence-electron chi connectivity index (χ1n) is 5.90. The van der Waals surface area contributed by atoms with Crippen LogP contribution in [0.5, 0.6) is 5.75 Å². The number of likely N-dealkylation sites (N-methyl/N-ethyl adjacent to an activating group) is 1. The molecule has 1 aromatic carbocycles. The van der Waals surface area contributed by atoms with E-state index in [1.807, 2.05) is 6.07 Å². The van der Waals surface area contributed by atoms with Crippen LogP contribution < -0.4 is 15.0 Å². The number of nitrogens with zero attached hydrogens (tertiary/aromatic N) is 2. The Hall–Kier alpha value is -2.26. The second-order valence-electron chi connectivity index (χ2n) is 4.17. The Morgan fingerprint density at radius 3 is 3.05 bits per heavy atom. The molecule has 1 atom stereocenters. The maximum absolute atomic E-state index is 11.8. The maximum atomic E-state index is 11.8. The zero-order valence-electron chi connectivity index (χ0n) is 10.8. The lowest BCUT2D eigenvalue weighted by Crippen LogP contribution is -2.29. The number of methoxy groups -OCH3 is 1. The number of rotatable bonds is 4. The van der Waals surface area contributed by atoms with Gasteiger partial charge in [0.05, 0.1) is 31.0 Å². The minimum absolute atomic E-state index is 0.183. The van der Waals surface area contributed by atoms with Gasteiger partial charge >= 0.3 is 6.09 Å². The van der Waals surface area contributed by atoms with Crippen molar-refractivity contribution >= 4 is 11.8 Å². The summed E-state index contributed by atoms with van der Waals surface area (Å²) in [5.74, 6) is 0.487. The third-order valence-corrected chi connectivity index (χ3v) is 2.91. The largest absolute Gasteiger partial charge is 0.495 e. The molecule has 0 radical (unpaired) electrons. The Balaban J connectivity index is 2.27. The molecule has 0 spiro atoms. The van der Waals surface area contributed by atoms with Gasteiger partial charge in [-0.2, -0.15) is 5.26 Å². The highest BCUT2D eigenvalue weighted by Crippen LogP contribution is 2.32. The van der Waals surface area contributed by atoms with Gasteiger partial charge in [0.15, 0.2) is 0 Å². The molecule has 1 amide bonds. The number of anilines is 1. The molecule has 1 fully saturated rings. The average molecular weight is 261 g/mol. The van der Waals surface area contributed by atoms with E-state index in [1.54, 1.807) is 25.2 Å². The van der Waals surface area contributed by atoms with Gasteiger partial charge in [-0.25, -0.2) is 4.79 Å². The second kappa shape index (κ2) is 5.59. The van der Waals surface area contributed by atoms with E-state index >= 15 is 0 Å². The number of cyclic esters (lactones) is 1. The van der Waals surface area contributed by atoms with Crippen molar-refractivity contribution in [3.63, 3.8) is 0 Å². The molecular weight excluding hydrogens is 246 g/mol. The SMILES string of the molecule is CNCC1CN(c2ccc(C#N)cc2OC)C(=O)O1. The molecule has 2 rings (SSSR count). The molecule has 1 N–H and O–H groups in total. The summed E-state index contributed by atoms with van der Waals surface area (Å²) < 4.78 is 10.5. The molecule has 0 saturated carbocycles. The molecule has 100 valence electrons. The smallest absolute Gasteiger partial charge is 0.414 e. The van der Waals surface area contributed by atoms with Crippen LogP contribution in [0, 0.1) is 11.3 Å². The first-order valence-corrected chi connectivity index (χ1v) is 5.90. The molecule has 6 heteroatoms. The molecule has 1 aliphatic heterocycles. The van der Waals surface area contributed by atoms with E-state index in [2.05, 4.69) is 5.32 Å². The van der Waals surface area contributed by atoms with E-state index in [4.69, 9.17) is 14.7 Å². The Morgan fingerprint density at radius 2 is 2.42 bits per heavy atom. The highest BCUT2D eigenvalue weighted by Gasteiger charge is 2.33. The predicted molar refractivity (Wildman–Crippen MR) is 69.3 cm³/mol. The lowest BCUT2D eigenvalue weighted by atomic mass is 10.2. The van der Waals surface area contributed by atoms with E-state index in [0.717, 1.165) is 0 Å². The molecule has 0 bridgehead atoms. The number of ether oxygens (including phenoxy) is 2. The minimum Gasteiger partial charge on any atom is -0.495 e. The molecule has 1 unspecified atom stereocenters. The zero-order valence-corrected chi connectivity index (χ0v) is 10.8. The van der Waals surface area contributed by atoms with E-state index in [0.29, 0.717) is 30.1 Å². The fraction of sp³-hybridized carbons (Fsp3) is 0.385. The van der Waals surface area contributed by atoms with Crippen molar-refractivity contribution in [2.24, 2.45) is 0 Å². The van der Waals surface area contributed by atoms with Gasteiger partial charge in [0.25, 0.3) is 0 Å². The number of carbonyl (C=O) groups is 1. The Kier molecular flexibility index (Phi) is 3.88. The maximum Gasteiger partial charge on any atom is 0.414 e. The van der Waals surface area contributed by atoms with Crippen LogP contribution in [0.2, 0.25) is 0 Å². The van der Waals surface area contributed by atoms with Crippen molar-refractivity contribution in [3.8, 4) is 11.8 Å². The summed E-state index contributed by atoms with van der Waals surface area (Å²) in [5.41, 5.74) is 1.10. The Bertz CT molecular complexity index is 524. The van der Waals surface area contributed by atoms with Crippen molar-refractivity contribution in [2.75, 3.05) is 32.1 Å². The minimum atomic E-state index is -0.400. The summed E-state index contributed by atoms with van der Waals surface area (Å²) >= 11 is 0. The normalized spacial score (nSPS) is 18.1. The molecule has 1 aromatic rings. The summed E-state index contributed by atoms with van der Waals surface area (Å²) in [6, 6.07) is 6.98. The predicted octanol–water partition coefficient (Wildman–Crippen LogP) is 1.11. The lowest BCUT2D eigenvalue weighted by molar-refractivity contribution is 0.141. The molecular formula is C13H15N3O3. The number of hydrogen-bond acceptors (Lipinski definition) is 5. The summed E-state index contributed by atoms with van der Waals surface area (Å²) in [5, 5.41) is 11.8. The van der Waals surface area contributed by atoms with Gasteiger partial charge in [0.2, 0.25) is 0 Å². The van der Waals surface area contributed by atoms with Gasteiger partial charge in [0.1, 0.15) is 11.9 Å². The average Bonchev–Trinajstić information content (AvgIpc) is 2.79. The number of nitriles is 1. The van der Waals surface area contributed by atoms with Gasteiger partial charge in [-0.3, -0.25) is 4.90 Å². The van der Waals surface area contributed by atoms with E-state index in [9.17, 15) is 4.79 Å². The molecule has 19 heavy (non-hydrogen) atoms. The lowest BCUT2D eigenvalue weighted by Gasteiger charge is -2.16. The van der Waals surface area contributed by atoms with Gasteiger partial charge in [-0.15, -0.1) is 0 Å². The third-order valence-electron chi connectivity index (χ3n) is 2.91. The van der Waals surface area contributed by atoms with Crippen molar-refractivity contribution in [3.05, 3.63) is 23.8 Å². The van der Waals surface area contributed by atoms with Crippen LogP contribution in [-0.4, -0.2) is 39.4 Å².